The van der Waals surface area contributed by atoms with E-state index in [2.05, 4.69) is 15.8 Å². The third kappa shape index (κ3) is 4.76. The molecular weight excluding hydrogens is 298 g/mol. The minimum atomic E-state index is -0.342. The molecule has 2 N–H and O–H groups in total. The van der Waals surface area contributed by atoms with E-state index in [0.717, 1.165) is 25.1 Å². The first-order valence-corrected chi connectivity index (χ1v) is 8.21. The van der Waals surface area contributed by atoms with Crippen LogP contribution in [0.25, 0.3) is 0 Å². The topological polar surface area (TPSA) is 85.6 Å². The fraction of sp³-hybridized carbons (Fsp3) is 0.750. The maximum Gasteiger partial charge on any atom is 0.243 e. The summed E-state index contributed by atoms with van der Waals surface area (Å²) < 4.78 is 16.5. The number of carbonyl (C=O) groups is 1. The van der Waals surface area contributed by atoms with Gasteiger partial charge in [0.25, 0.3) is 0 Å². The van der Waals surface area contributed by atoms with Crippen molar-refractivity contribution in [2.75, 3.05) is 25.1 Å². The summed E-state index contributed by atoms with van der Waals surface area (Å²) in [7, 11) is 0. The second-order valence-electron chi connectivity index (χ2n) is 6.35. The molecule has 0 aromatic carbocycles. The molecule has 0 bridgehead atoms. The second kappa shape index (κ2) is 7.90. The Balaban J connectivity index is 1.90. The van der Waals surface area contributed by atoms with Gasteiger partial charge in [-0.05, 0) is 26.3 Å². The van der Waals surface area contributed by atoms with Crippen LogP contribution in [0.3, 0.4) is 0 Å². The van der Waals surface area contributed by atoms with E-state index in [4.69, 9.17) is 14.0 Å². The van der Waals surface area contributed by atoms with Gasteiger partial charge in [-0.2, -0.15) is 0 Å². The minimum absolute atomic E-state index is 0.0876. The summed E-state index contributed by atoms with van der Waals surface area (Å²) in [4.78, 5) is 11.9. The quantitative estimate of drug-likeness (QED) is 0.676. The zero-order valence-electron chi connectivity index (χ0n) is 14.3. The summed E-state index contributed by atoms with van der Waals surface area (Å²) in [6.07, 6.45) is 1.43. The number of ether oxygens (including phenoxy) is 2. The largest absolute Gasteiger partial charge is 0.353 e. The van der Waals surface area contributed by atoms with E-state index >= 15 is 0 Å². The molecule has 130 valence electrons. The molecule has 0 spiro atoms. The summed E-state index contributed by atoms with van der Waals surface area (Å²) >= 11 is 0. The van der Waals surface area contributed by atoms with Crippen LogP contribution in [0.2, 0.25) is 0 Å². The van der Waals surface area contributed by atoms with Gasteiger partial charge in [-0.25, -0.2) is 0 Å². The minimum Gasteiger partial charge on any atom is -0.353 e. The highest BCUT2D eigenvalue weighted by molar-refractivity contribution is 5.94. The monoisotopic (exact) mass is 325 g/mol. The Morgan fingerprint density at radius 2 is 2.26 bits per heavy atom. The van der Waals surface area contributed by atoms with E-state index in [1.165, 1.54) is 0 Å². The van der Waals surface area contributed by atoms with E-state index in [1.807, 2.05) is 27.7 Å². The van der Waals surface area contributed by atoms with Crippen LogP contribution < -0.4 is 10.6 Å². The van der Waals surface area contributed by atoms with E-state index in [0.29, 0.717) is 19.1 Å². The van der Waals surface area contributed by atoms with Crippen LogP contribution >= 0.6 is 0 Å². The Bertz CT molecular complexity index is 511. The van der Waals surface area contributed by atoms with E-state index in [1.54, 1.807) is 6.07 Å². The molecule has 1 aromatic rings. The van der Waals surface area contributed by atoms with Gasteiger partial charge in [0.1, 0.15) is 0 Å². The van der Waals surface area contributed by atoms with Gasteiger partial charge in [-0.3, -0.25) is 10.1 Å². The summed E-state index contributed by atoms with van der Waals surface area (Å²) in [6.45, 7) is 9.95. The number of nitrogens with one attached hydrogen (secondary N) is 2. The second-order valence-corrected chi connectivity index (χ2v) is 6.35. The first-order chi connectivity index (χ1) is 11.0. The molecule has 1 saturated heterocycles. The number of hydrogen-bond acceptors (Lipinski definition) is 6. The lowest BCUT2D eigenvalue weighted by Gasteiger charge is -2.25. The maximum atomic E-state index is 11.9. The van der Waals surface area contributed by atoms with E-state index < -0.39 is 0 Å². The highest BCUT2D eigenvalue weighted by Crippen LogP contribution is 2.26. The first-order valence-electron chi connectivity index (χ1n) is 8.21. The van der Waals surface area contributed by atoms with Crippen molar-refractivity contribution in [2.45, 2.75) is 58.3 Å². The van der Waals surface area contributed by atoms with Crippen LogP contribution in [0.1, 0.15) is 46.2 Å². The molecule has 23 heavy (non-hydrogen) atoms. The standard InChI is InChI=1S/C16H27N3O4/c1-5-14(21-6-2)22-10-16(3,4)12-9-13(23-19-12)18-15(20)11-7-8-17-11/h9,11,14,17H,5-8,10H2,1-4H3,(H,18,20). The molecule has 1 amide bonds. The van der Waals surface area contributed by atoms with Gasteiger partial charge in [-0.1, -0.05) is 25.9 Å². The number of rotatable bonds is 9. The van der Waals surface area contributed by atoms with Crippen LogP contribution in [0.4, 0.5) is 5.88 Å². The van der Waals surface area contributed by atoms with Crippen LogP contribution in [0, 0.1) is 0 Å². The van der Waals surface area contributed by atoms with Crippen molar-refractivity contribution < 1.29 is 18.8 Å². The zero-order chi connectivity index (χ0) is 16.9. The van der Waals surface area contributed by atoms with Crippen molar-refractivity contribution in [2.24, 2.45) is 0 Å². The SMILES string of the molecule is CCOC(CC)OCC(C)(C)c1cc(NC(=O)C2CCN2)on1. The van der Waals surface area contributed by atoms with E-state index in [-0.39, 0.29) is 23.7 Å². The van der Waals surface area contributed by atoms with Gasteiger partial charge in [0.05, 0.1) is 18.3 Å². The molecular formula is C16H27N3O4. The van der Waals surface area contributed by atoms with Gasteiger partial charge in [0.15, 0.2) is 6.29 Å². The molecule has 0 aliphatic carbocycles. The zero-order valence-corrected chi connectivity index (χ0v) is 14.3. The smallest absolute Gasteiger partial charge is 0.243 e. The Morgan fingerprint density at radius 3 is 2.83 bits per heavy atom. The van der Waals surface area contributed by atoms with Gasteiger partial charge in [0.2, 0.25) is 11.8 Å². The molecule has 2 rings (SSSR count). The molecule has 2 unspecified atom stereocenters. The van der Waals surface area contributed by atoms with Crippen molar-refractivity contribution in [3.63, 3.8) is 0 Å². The summed E-state index contributed by atoms with van der Waals surface area (Å²) in [5.41, 5.74) is 0.395. The fourth-order valence-corrected chi connectivity index (χ4v) is 2.22. The lowest BCUT2D eigenvalue weighted by Crippen LogP contribution is -2.50. The molecule has 1 aliphatic rings. The average molecular weight is 325 g/mol. The molecule has 0 saturated carbocycles. The normalized spacial score (nSPS) is 19.2. The van der Waals surface area contributed by atoms with Crippen LogP contribution in [-0.4, -0.2) is 43.2 Å². The predicted molar refractivity (Wildman–Crippen MR) is 86.2 cm³/mol. The molecule has 7 heteroatoms. The molecule has 2 heterocycles. The fourth-order valence-electron chi connectivity index (χ4n) is 2.22. The summed E-state index contributed by atoms with van der Waals surface area (Å²) in [5.74, 6) is 0.277. The predicted octanol–water partition coefficient (Wildman–Crippen LogP) is 2.04. The van der Waals surface area contributed by atoms with Crippen molar-refractivity contribution >= 4 is 11.8 Å². The van der Waals surface area contributed by atoms with Gasteiger partial charge < -0.3 is 19.3 Å². The van der Waals surface area contributed by atoms with Crippen molar-refractivity contribution in [3.8, 4) is 0 Å². The Labute approximate surface area is 137 Å². The number of amides is 1. The van der Waals surface area contributed by atoms with Crippen LogP contribution in [-0.2, 0) is 19.7 Å². The van der Waals surface area contributed by atoms with Crippen molar-refractivity contribution in [1.82, 2.24) is 10.5 Å². The number of anilines is 1. The molecule has 0 radical (unpaired) electrons. The average Bonchev–Trinajstić information content (AvgIpc) is 2.90. The van der Waals surface area contributed by atoms with E-state index in [9.17, 15) is 4.79 Å². The molecule has 1 fully saturated rings. The summed E-state index contributed by atoms with van der Waals surface area (Å²) in [6, 6.07) is 1.62. The van der Waals surface area contributed by atoms with Gasteiger partial charge in [0, 0.05) is 18.1 Å². The first kappa shape index (κ1) is 17.9. The third-order valence-corrected chi connectivity index (χ3v) is 3.91. The van der Waals surface area contributed by atoms with Crippen LogP contribution in [0.15, 0.2) is 10.6 Å². The number of hydrogen-bond donors (Lipinski definition) is 2. The number of carbonyl (C=O) groups excluding carboxylic acids is 1. The molecule has 1 aliphatic heterocycles. The lowest BCUT2D eigenvalue weighted by atomic mass is 9.90. The molecule has 7 nitrogen and oxygen atoms in total. The highest BCUT2D eigenvalue weighted by atomic mass is 16.7. The van der Waals surface area contributed by atoms with Gasteiger partial charge >= 0.3 is 0 Å². The number of nitrogens with zero attached hydrogens (tertiary/aromatic N) is 1. The Kier molecular flexibility index (Phi) is 6.15. The third-order valence-electron chi connectivity index (χ3n) is 3.91. The van der Waals surface area contributed by atoms with Crippen LogP contribution in [0.5, 0.6) is 0 Å². The Hall–Kier alpha value is -1.44. The number of aromatic nitrogens is 1. The highest BCUT2D eigenvalue weighted by Gasteiger charge is 2.29. The molecule has 1 aromatic heterocycles. The van der Waals surface area contributed by atoms with Crippen molar-refractivity contribution in [1.29, 1.82) is 0 Å². The lowest BCUT2D eigenvalue weighted by molar-refractivity contribution is -0.149. The Morgan fingerprint density at radius 1 is 1.52 bits per heavy atom. The molecule has 2 atom stereocenters. The summed E-state index contributed by atoms with van der Waals surface area (Å²) in [5, 5.41) is 9.85. The van der Waals surface area contributed by atoms with Gasteiger partial charge in [-0.15, -0.1) is 0 Å². The van der Waals surface area contributed by atoms with Crippen molar-refractivity contribution in [3.05, 3.63) is 11.8 Å². The maximum absolute atomic E-state index is 11.9.